The summed E-state index contributed by atoms with van der Waals surface area (Å²) < 4.78 is 15.7. The van der Waals surface area contributed by atoms with Crippen molar-refractivity contribution in [2.75, 3.05) is 20.8 Å². The van der Waals surface area contributed by atoms with Gasteiger partial charge in [0.15, 0.2) is 11.5 Å². The summed E-state index contributed by atoms with van der Waals surface area (Å²) in [4.78, 5) is 4.37. The van der Waals surface area contributed by atoms with Gasteiger partial charge in [0.05, 0.1) is 20.8 Å². The Bertz CT molecular complexity index is 581. The monoisotopic (exact) mass is 291 g/mol. The predicted octanol–water partition coefficient (Wildman–Crippen LogP) is 2.50. The van der Waals surface area contributed by atoms with Crippen LogP contribution in [0.2, 0.25) is 0 Å². The summed E-state index contributed by atoms with van der Waals surface area (Å²) in [5.74, 6) is 3.00. The smallest absolute Gasteiger partial charge is 0.240 e. The number of rotatable bonds is 7. The van der Waals surface area contributed by atoms with Crippen LogP contribution in [0.4, 0.5) is 0 Å². The molecule has 0 aliphatic carbocycles. The number of hydrogen-bond acceptors (Lipinski definition) is 6. The number of nitrogens with one attached hydrogen (secondary N) is 1. The molecule has 0 saturated heterocycles. The molecule has 6 nitrogen and oxygen atoms in total. The fourth-order valence-corrected chi connectivity index (χ4v) is 1.89. The summed E-state index contributed by atoms with van der Waals surface area (Å²) in [7, 11) is 3.20. The van der Waals surface area contributed by atoms with Gasteiger partial charge in [0, 0.05) is 5.56 Å². The Balaban J connectivity index is 2.10. The van der Waals surface area contributed by atoms with E-state index < -0.39 is 0 Å². The van der Waals surface area contributed by atoms with Crippen LogP contribution in [0.5, 0.6) is 11.5 Å². The number of ether oxygens (including phenoxy) is 2. The summed E-state index contributed by atoms with van der Waals surface area (Å²) in [6.07, 6.45) is 0. The molecule has 1 N–H and O–H groups in total. The van der Waals surface area contributed by atoms with Crippen molar-refractivity contribution in [3.63, 3.8) is 0 Å². The number of methoxy groups -OCH3 is 2. The first kappa shape index (κ1) is 15.3. The van der Waals surface area contributed by atoms with E-state index in [1.54, 1.807) is 14.2 Å². The van der Waals surface area contributed by atoms with Crippen molar-refractivity contribution < 1.29 is 14.0 Å². The average Bonchev–Trinajstić information content (AvgIpc) is 2.95. The van der Waals surface area contributed by atoms with Crippen molar-refractivity contribution >= 4 is 0 Å². The number of nitrogens with zero attached hydrogens (tertiary/aromatic N) is 2. The maximum atomic E-state index is 5.27. The van der Waals surface area contributed by atoms with Crippen LogP contribution in [0, 0.1) is 5.92 Å². The molecule has 2 rings (SSSR count). The molecule has 114 valence electrons. The molecule has 0 radical (unpaired) electrons. The van der Waals surface area contributed by atoms with E-state index >= 15 is 0 Å². The van der Waals surface area contributed by atoms with E-state index in [9.17, 15) is 0 Å². The molecule has 2 aromatic rings. The molecule has 0 saturated carbocycles. The van der Waals surface area contributed by atoms with Gasteiger partial charge in [0.25, 0.3) is 0 Å². The van der Waals surface area contributed by atoms with Crippen molar-refractivity contribution in [2.24, 2.45) is 5.92 Å². The van der Waals surface area contributed by atoms with E-state index in [4.69, 9.17) is 14.0 Å². The lowest BCUT2D eigenvalue weighted by Crippen LogP contribution is -2.19. The Morgan fingerprint density at radius 3 is 2.62 bits per heavy atom. The molecule has 0 fully saturated rings. The molecule has 0 bridgehead atoms. The van der Waals surface area contributed by atoms with Crippen LogP contribution in [0.3, 0.4) is 0 Å². The lowest BCUT2D eigenvalue weighted by Gasteiger charge is -2.07. The zero-order valence-corrected chi connectivity index (χ0v) is 12.8. The fourth-order valence-electron chi connectivity index (χ4n) is 1.89. The number of aromatic nitrogens is 2. The fraction of sp³-hybridized carbons (Fsp3) is 0.467. The number of hydrogen-bond donors (Lipinski definition) is 1. The van der Waals surface area contributed by atoms with Crippen molar-refractivity contribution in [1.29, 1.82) is 0 Å². The van der Waals surface area contributed by atoms with Crippen LogP contribution >= 0.6 is 0 Å². The van der Waals surface area contributed by atoms with E-state index in [-0.39, 0.29) is 0 Å². The zero-order chi connectivity index (χ0) is 15.2. The van der Waals surface area contributed by atoms with Crippen LogP contribution in [0.25, 0.3) is 11.4 Å². The van der Waals surface area contributed by atoms with Crippen molar-refractivity contribution in [1.82, 2.24) is 15.5 Å². The molecule has 0 unspecified atom stereocenters. The molecule has 0 aliphatic rings. The molecular formula is C15H21N3O3. The minimum atomic E-state index is 0.539. The molecule has 1 aromatic carbocycles. The second-order valence-electron chi connectivity index (χ2n) is 5.11. The minimum Gasteiger partial charge on any atom is -0.493 e. The number of benzene rings is 1. The van der Waals surface area contributed by atoms with Crippen molar-refractivity contribution in [3.8, 4) is 22.9 Å². The van der Waals surface area contributed by atoms with Crippen LogP contribution in [-0.4, -0.2) is 30.9 Å². The van der Waals surface area contributed by atoms with Crippen LogP contribution in [-0.2, 0) is 6.54 Å². The normalized spacial score (nSPS) is 10.9. The van der Waals surface area contributed by atoms with Crippen molar-refractivity contribution in [3.05, 3.63) is 24.1 Å². The zero-order valence-electron chi connectivity index (χ0n) is 12.8. The molecule has 6 heteroatoms. The summed E-state index contributed by atoms with van der Waals surface area (Å²) in [6, 6.07) is 5.52. The van der Waals surface area contributed by atoms with Gasteiger partial charge in [-0.2, -0.15) is 4.98 Å². The Morgan fingerprint density at radius 1 is 1.19 bits per heavy atom. The lowest BCUT2D eigenvalue weighted by molar-refractivity contribution is 0.355. The molecule has 0 atom stereocenters. The first-order valence-electron chi connectivity index (χ1n) is 6.89. The van der Waals surface area contributed by atoms with Gasteiger partial charge in [0.2, 0.25) is 11.7 Å². The molecule has 1 heterocycles. The van der Waals surface area contributed by atoms with Gasteiger partial charge in [-0.1, -0.05) is 19.0 Å². The molecular weight excluding hydrogens is 270 g/mol. The molecule has 0 spiro atoms. The largest absolute Gasteiger partial charge is 0.493 e. The third kappa shape index (κ3) is 3.95. The first-order valence-corrected chi connectivity index (χ1v) is 6.89. The van der Waals surface area contributed by atoms with Crippen LogP contribution in [0.15, 0.2) is 22.7 Å². The SMILES string of the molecule is COc1ccc(-c2noc(CNCC(C)C)n2)cc1OC. The second kappa shape index (κ2) is 7.08. The highest BCUT2D eigenvalue weighted by molar-refractivity contribution is 5.60. The van der Waals surface area contributed by atoms with Gasteiger partial charge < -0.3 is 19.3 Å². The summed E-state index contributed by atoms with van der Waals surface area (Å²) in [5.41, 5.74) is 0.825. The molecule has 0 aliphatic heterocycles. The summed E-state index contributed by atoms with van der Waals surface area (Å²) in [5, 5.41) is 7.26. The molecule has 1 aromatic heterocycles. The maximum absolute atomic E-state index is 5.27. The minimum absolute atomic E-state index is 0.539. The average molecular weight is 291 g/mol. The third-order valence-electron chi connectivity index (χ3n) is 2.94. The van der Waals surface area contributed by atoms with Gasteiger partial charge in [-0.3, -0.25) is 0 Å². The Kier molecular flexibility index (Phi) is 5.16. The highest BCUT2D eigenvalue weighted by atomic mass is 16.5. The Hall–Kier alpha value is -2.08. The summed E-state index contributed by atoms with van der Waals surface area (Å²) >= 11 is 0. The van der Waals surface area contributed by atoms with Gasteiger partial charge in [-0.05, 0) is 30.7 Å². The molecule has 21 heavy (non-hydrogen) atoms. The lowest BCUT2D eigenvalue weighted by atomic mass is 10.2. The highest BCUT2D eigenvalue weighted by Crippen LogP contribution is 2.31. The molecule has 0 amide bonds. The van der Waals surface area contributed by atoms with Crippen molar-refractivity contribution in [2.45, 2.75) is 20.4 Å². The van der Waals surface area contributed by atoms with E-state index in [0.717, 1.165) is 12.1 Å². The quantitative estimate of drug-likeness (QED) is 0.845. The van der Waals surface area contributed by atoms with Gasteiger partial charge in [-0.25, -0.2) is 0 Å². The van der Waals surface area contributed by atoms with E-state index in [2.05, 4.69) is 29.3 Å². The Morgan fingerprint density at radius 2 is 1.95 bits per heavy atom. The third-order valence-corrected chi connectivity index (χ3v) is 2.94. The van der Waals surface area contributed by atoms with Crippen LogP contribution < -0.4 is 14.8 Å². The van der Waals surface area contributed by atoms with E-state index in [1.807, 2.05) is 18.2 Å². The maximum Gasteiger partial charge on any atom is 0.240 e. The standard InChI is InChI=1S/C15H21N3O3/c1-10(2)8-16-9-14-17-15(18-21-14)11-5-6-12(19-3)13(7-11)20-4/h5-7,10,16H,8-9H2,1-4H3. The predicted molar refractivity (Wildman–Crippen MR) is 79.4 cm³/mol. The van der Waals surface area contributed by atoms with E-state index in [1.165, 1.54) is 0 Å². The van der Waals surface area contributed by atoms with Gasteiger partial charge in [-0.15, -0.1) is 0 Å². The van der Waals surface area contributed by atoms with Gasteiger partial charge >= 0.3 is 0 Å². The van der Waals surface area contributed by atoms with E-state index in [0.29, 0.717) is 35.7 Å². The summed E-state index contributed by atoms with van der Waals surface area (Å²) in [6.45, 7) is 5.78. The van der Waals surface area contributed by atoms with Crippen LogP contribution in [0.1, 0.15) is 19.7 Å². The first-order chi connectivity index (χ1) is 10.1. The topological polar surface area (TPSA) is 69.4 Å². The second-order valence-corrected chi connectivity index (χ2v) is 5.11. The Labute approximate surface area is 124 Å². The van der Waals surface area contributed by atoms with Gasteiger partial charge in [0.1, 0.15) is 0 Å². The highest BCUT2D eigenvalue weighted by Gasteiger charge is 2.12.